The molecular weight excluding hydrogens is 198 g/mol. The SMILES string of the molecule is CCCCNC(=O)NCc1cscn1. The van der Waals surface area contributed by atoms with Crippen molar-refractivity contribution in [2.75, 3.05) is 6.54 Å². The van der Waals surface area contributed by atoms with Gasteiger partial charge in [0.05, 0.1) is 17.7 Å². The predicted molar refractivity (Wildman–Crippen MR) is 57.3 cm³/mol. The van der Waals surface area contributed by atoms with E-state index in [4.69, 9.17) is 0 Å². The Kier molecular flexibility index (Phi) is 4.99. The monoisotopic (exact) mass is 213 g/mol. The quantitative estimate of drug-likeness (QED) is 0.732. The Labute approximate surface area is 87.7 Å². The van der Waals surface area contributed by atoms with Crippen LogP contribution in [0.1, 0.15) is 25.5 Å². The number of nitrogens with one attached hydrogen (secondary N) is 2. The summed E-state index contributed by atoms with van der Waals surface area (Å²) in [5.74, 6) is 0. The molecule has 0 bridgehead atoms. The Morgan fingerprint density at radius 3 is 3.07 bits per heavy atom. The van der Waals surface area contributed by atoms with E-state index >= 15 is 0 Å². The number of hydrogen-bond donors (Lipinski definition) is 2. The first-order chi connectivity index (χ1) is 6.83. The minimum Gasteiger partial charge on any atom is -0.338 e. The van der Waals surface area contributed by atoms with Gasteiger partial charge in [-0.3, -0.25) is 0 Å². The highest BCUT2D eigenvalue weighted by molar-refractivity contribution is 7.07. The molecule has 0 unspecified atom stereocenters. The van der Waals surface area contributed by atoms with Gasteiger partial charge >= 0.3 is 6.03 Å². The van der Waals surface area contributed by atoms with Crippen LogP contribution in [0.4, 0.5) is 4.79 Å². The molecule has 1 aromatic rings. The number of urea groups is 1. The summed E-state index contributed by atoms with van der Waals surface area (Å²) in [7, 11) is 0. The third-order valence-corrected chi connectivity index (χ3v) is 2.36. The van der Waals surface area contributed by atoms with Gasteiger partial charge in [0.1, 0.15) is 0 Å². The van der Waals surface area contributed by atoms with Gasteiger partial charge in [-0.15, -0.1) is 11.3 Å². The maximum atomic E-state index is 11.2. The average Bonchev–Trinajstić information content (AvgIpc) is 2.68. The van der Waals surface area contributed by atoms with Gasteiger partial charge in [-0.25, -0.2) is 9.78 Å². The van der Waals surface area contributed by atoms with E-state index in [2.05, 4.69) is 22.5 Å². The van der Waals surface area contributed by atoms with Gasteiger partial charge in [0.15, 0.2) is 0 Å². The van der Waals surface area contributed by atoms with Crippen LogP contribution in [-0.2, 0) is 6.54 Å². The highest BCUT2D eigenvalue weighted by Gasteiger charge is 1.99. The van der Waals surface area contributed by atoms with Crippen molar-refractivity contribution in [2.24, 2.45) is 0 Å². The first-order valence-corrected chi connectivity index (χ1v) is 5.66. The molecule has 1 heterocycles. The van der Waals surface area contributed by atoms with E-state index in [1.54, 1.807) is 5.51 Å². The molecule has 0 saturated heterocycles. The summed E-state index contributed by atoms with van der Waals surface area (Å²) in [6, 6.07) is -0.119. The lowest BCUT2D eigenvalue weighted by atomic mass is 10.3. The number of hydrogen-bond acceptors (Lipinski definition) is 3. The summed E-state index contributed by atoms with van der Waals surface area (Å²) in [6.45, 7) is 3.33. The largest absolute Gasteiger partial charge is 0.338 e. The summed E-state index contributed by atoms with van der Waals surface area (Å²) >= 11 is 1.53. The van der Waals surface area contributed by atoms with Crippen LogP contribution >= 0.6 is 11.3 Å². The van der Waals surface area contributed by atoms with Crippen LogP contribution in [-0.4, -0.2) is 17.6 Å². The molecule has 0 atom stereocenters. The zero-order valence-corrected chi connectivity index (χ0v) is 9.06. The first kappa shape index (κ1) is 11.0. The van der Waals surface area contributed by atoms with Crippen LogP contribution in [0, 0.1) is 0 Å². The summed E-state index contributed by atoms with van der Waals surface area (Å²) in [5, 5.41) is 7.43. The molecular formula is C9H15N3OS. The van der Waals surface area contributed by atoms with Crippen LogP contribution in [0.2, 0.25) is 0 Å². The number of carbonyl (C=O) groups is 1. The van der Waals surface area contributed by atoms with Gasteiger partial charge in [0, 0.05) is 11.9 Å². The molecule has 0 fully saturated rings. The number of carbonyl (C=O) groups excluding carboxylic acids is 1. The van der Waals surface area contributed by atoms with Crippen molar-refractivity contribution < 1.29 is 4.79 Å². The molecule has 14 heavy (non-hydrogen) atoms. The van der Waals surface area contributed by atoms with Gasteiger partial charge in [-0.2, -0.15) is 0 Å². The van der Waals surface area contributed by atoms with Crippen LogP contribution in [0.5, 0.6) is 0 Å². The molecule has 0 aliphatic carbocycles. The second-order valence-electron chi connectivity index (χ2n) is 2.94. The van der Waals surface area contributed by atoms with Crippen molar-refractivity contribution in [3.05, 3.63) is 16.6 Å². The summed E-state index contributed by atoms with van der Waals surface area (Å²) in [5.41, 5.74) is 2.66. The number of nitrogens with zero attached hydrogens (tertiary/aromatic N) is 1. The molecule has 78 valence electrons. The second-order valence-corrected chi connectivity index (χ2v) is 3.66. The predicted octanol–water partition coefficient (Wildman–Crippen LogP) is 1.74. The zero-order valence-electron chi connectivity index (χ0n) is 8.25. The van der Waals surface area contributed by atoms with Crippen molar-refractivity contribution >= 4 is 17.4 Å². The van der Waals surface area contributed by atoms with Crippen LogP contribution in [0.15, 0.2) is 10.9 Å². The minimum atomic E-state index is -0.119. The molecule has 2 N–H and O–H groups in total. The number of rotatable bonds is 5. The van der Waals surface area contributed by atoms with Crippen molar-refractivity contribution in [3.8, 4) is 0 Å². The van der Waals surface area contributed by atoms with Crippen LogP contribution in [0.3, 0.4) is 0 Å². The fraction of sp³-hybridized carbons (Fsp3) is 0.556. The highest BCUT2D eigenvalue weighted by Crippen LogP contribution is 1.99. The second kappa shape index (κ2) is 6.37. The summed E-state index contributed by atoms with van der Waals surface area (Å²) < 4.78 is 0. The fourth-order valence-corrected chi connectivity index (χ4v) is 1.50. The molecule has 0 aliphatic heterocycles. The Bertz CT molecular complexity index is 261. The van der Waals surface area contributed by atoms with Gasteiger partial charge in [0.25, 0.3) is 0 Å². The lowest BCUT2D eigenvalue weighted by Gasteiger charge is -2.04. The molecule has 0 spiro atoms. The van der Waals surface area contributed by atoms with Crippen LogP contribution in [0.25, 0.3) is 0 Å². The lowest BCUT2D eigenvalue weighted by Crippen LogP contribution is -2.35. The van der Waals surface area contributed by atoms with Crippen molar-refractivity contribution in [1.82, 2.24) is 15.6 Å². The smallest absolute Gasteiger partial charge is 0.315 e. The van der Waals surface area contributed by atoms with Gasteiger partial charge < -0.3 is 10.6 Å². The Morgan fingerprint density at radius 1 is 1.57 bits per heavy atom. The molecule has 0 aliphatic rings. The van der Waals surface area contributed by atoms with E-state index in [1.165, 1.54) is 11.3 Å². The van der Waals surface area contributed by atoms with E-state index in [0.717, 1.165) is 25.1 Å². The van der Waals surface area contributed by atoms with Gasteiger partial charge in [0.2, 0.25) is 0 Å². The molecule has 1 aromatic heterocycles. The molecule has 1 rings (SSSR count). The zero-order chi connectivity index (χ0) is 10.2. The Balaban J connectivity index is 2.09. The van der Waals surface area contributed by atoms with E-state index in [0.29, 0.717) is 6.54 Å². The van der Waals surface area contributed by atoms with Gasteiger partial charge in [-0.1, -0.05) is 13.3 Å². The standard InChI is InChI=1S/C9H15N3OS/c1-2-3-4-10-9(13)11-5-8-6-14-7-12-8/h6-7H,2-5H2,1H3,(H2,10,11,13). The van der Waals surface area contributed by atoms with Crippen molar-refractivity contribution in [2.45, 2.75) is 26.3 Å². The first-order valence-electron chi connectivity index (χ1n) is 4.71. The van der Waals surface area contributed by atoms with Gasteiger partial charge in [-0.05, 0) is 6.42 Å². The number of amides is 2. The van der Waals surface area contributed by atoms with E-state index in [-0.39, 0.29) is 6.03 Å². The topological polar surface area (TPSA) is 54.0 Å². The van der Waals surface area contributed by atoms with E-state index < -0.39 is 0 Å². The van der Waals surface area contributed by atoms with E-state index in [9.17, 15) is 4.79 Å². The molecule has 4 nitrogen and oxygen atoms in total. The third-order valence-electron chi connectivity index (χ3n) is 1.73. The average molecular weight is 213 g/mol. The maximum absolute atomic E-state index is 11.2. The minimum absolute atomic E-state index is 0.119. The summed E-state index contributed by atoms with van der Waals surface area (Å²) in [6.07, 6.45) is 2.11. The molecule has 0 saturated carbocycles. The van der Waals surface area contributed by atoms with E-state index in [1.807, 2.05) is 5.38 Å². The molecule has 0 radical (unpaired) electrons. The Morgan fingerprint density at radius 2 is 2.43 bits per heavy atom. The van der Waals surface area contributed by atoms with Crippen molar-refractivity contribution in [3.63, 3.8) is 0 Å². The molecule has 2 amide bonds. The number of unbranched alkanes of at least 4 members (excludes halogenated alkanes) is 1. The van der Waals surface area contributed by atoms with Crippen LogP contribution < -0.4 is 10.6 Å². The number of thiazole rings is 1. The Hall–Kier alpha value is -1.10. The molecule has 5 heteroatoms. The third kappa shape index (κ3) is 4.23. The maximum Gasteiger partial charge on any atom is 0.315 e. The normalized spacial score (nSPS) is 9.79. The molecule has 0 aromatic carbocycles. The van der Waals surface area contributed by atoms with Crippen molar-refractivity contribution in [1.29, 1.82) is 0 Å². The highest BCUT2D eigenvalue weighted by atomic mass is 32.1. The fourth-order valence-electron chi connectivity index (χ4n) is 0.937. The lowest BCUT2D eigenvalue weighted by molar-refractivity contribution is 0.240. The number of aromatic nitrogens is 1. The summed E-state index contributed by atoms with van der Waals surface area (Å²) in [4.78, 5) is 15.2.